The second kappa shape index (κ2) is 6.78. The molecule has 2 aliphatic rings. The molecule has 1 aromatic carbocycles. The normalized spacial score (nSPS) is 22.5. The number of carboxylic acid groups (broad SMARTS) is 1. The highest BCUT2D eigenvalue weighted by Gasteiger charge is 2.33. The van der Waals surface area contributed by atoms with E-state index in [1.807, 2.05) is 12.1 Å². The Morgan fingerprint density at radius 2 is 2.16 bits per heavy atom. The van der Waals surface area contributed by atoms with Crippen molar-refractivity contribution in [1.29, 1.82) is 0 Å². The molecular formula is C16H15ClN4O3S. The van der Waals surface area contributed by atoms with Crippen LogP contribution < -0.4 is 0 Å². The molecule has 9 heteroatoms. The van der Waals surface area contributed by atoms with Gasteiger partial charge >= 0.3 is 5.97 Å². The summed E-state index contributed by atoms with van der Waals surface area (Å²) in [6.45, 7) is 0.704. The Morgan fingerprint density at radius 1 is 1.36 bits per heavy atom. The molecule has 7 nitrogen and oxygen atoms in total. The molecule has 0 saturated carbocycles. The van der Waals surface area contributed by atoms with Crippen molar-refractivity contribution in [3.05, 3.63) is 40.7 Å². The first-order valence-electron chi connectivity index (χ1n) is 7.92. The number of rotatable bonds is 4. The Balaban J connectivity index is 1.76. The third kappa shape index (κ3) is 3.29. The van der Waals surface area contributed by atoms with Crippen LogP contribution in [0, 0.1) is 0 Å². The fourth-order valence-corrected chi connectivity index (χ4v) is 4.17. The molecule has 25 heavy (non-hydrogen) atoms. The fraction of sp³-hybridized carbons (Fsp3) is 0.375. The van der Waals surface area contributed by atoms with Crippen LogP contribution in [0.4, 0.5) is 0 Å². The summed E-state index contributed by atoms with van der Waals surface area (Å²) in [5, 5.41) is 23.2. The molecule has 0 amide bonds. The van der Waals surface area contributed by atoms with E-state index in [0.717, 1.165) is 18.4 Å². The quantitative estimate of drug-likeness (QED) is 0.879. The Bertz CT molecular complexity index is 830. The molecule has 2 atom stereocenters. The van der Waals surface area contributed by atoms with Crippen molar-refractivity contribution in [3.63, 3.8) is 0 Å². The van der Waals surface area contributed by atoms with Crippen molar-refractivity contribution < 1.29 is 14.6 Å². The lowest BCUT2D eigenvalue weighted by molar-refractivity contribution is -0.136. The summed E-state index contributed by atoms with van der Waals surface area (Å²) in [6, 6.07) is 7.23. The zero-order valence-electron chi connectivity index (χ0n) is 13.1. The van der Waals surface area contributed by atoms with Gasteiger partial charge in [-0.25, -0.2) is 0 Å². The molecule has 0 bridgehead atoms. The number of benzene rings is 1. The maximum Gasteiger partial charge on any atom is 0.304 e. The lowest BCUT2D eigenvalue weighted by Crippen LogP contribution is -2.27. The molecule has 2 aromatic rings. The van der Waals surface area contributed by atoms with Crippen LogP contribution in [0.15, 0.2) is 34.5 Å². The van der Waals surface area contributed by atoms with Crippen LogP contribution in [0.1, 0.15) is 36.8 Å². The smallest absolute Gasteiger partial charge is 0.304 e. The van der Waals surface area contributed by atoms with E-state index in [4.69, 9.17) is 16.3 Å². The van der Waals surface area contributed by atoms with Crippen LogP contribution in [0.2, 0.25) is 5.02 Å². The molecule has 1 fully saturated rings. The average Bonchev–Trinajstić information content (AvgIpc) is 3.23. The summed E-state index contributed by atoms with van der Waals surface area (Å²) in [6.07, 6.45) is 1.70. The van der Waals surface area contributed by atoms with E-state index in [2.05, 4.69) is 15.3 Å². The van der Waals surface area contributed by atoms with Crippen molar-refractivity contribution in [2.24, 2.45) is 5.10 Å². The van der Waals surface area contributed by atoms with Gasteiger partial charge in [0.1, 0.15) is 6.10 Å². The SMILES string of the molecule is O=C(O)C[C@H]1Sc2nnc([C@@H]3CCCO3)n2N=C1c1ccc(Cl)cc1. The average molecular weight is 379 g/mol. The van der Waals surface area contributed by atoms with Crippen LogP contribution in [0.3, 0.4) is 0 Å². The Labute approximate surface area is 153 Å². The van der Waals surface area contributed by atoms with E-state index in [1.54, 1.807) is 16.8 Å². The van der Waals surface area contributed by atoms with Crippen molar-refractivity contribution in [1.82, 2.24) is 14.9 Å². The Kier molecular flexibility index (Phi) is 4.49. The van der Waals surface area contributed by atoms with Gasteiger partial charge in [-0.3, -0.25) is 4.79 Å². The van der Waals surface area contributed by atoms with Crippen LogP contribution in [0.25, 0.3) is 0 Å². The number of fused-ring (bicyclic) bond motifs is 1. The molecule has 0 unspecified atom stereocenters. The van der Waals surface area contributed by atoms with E-state index in [9.17, 15) is 9.90 Å². The molecule has 3 heterocycles. The molecule has 1 N–H and O–H groups in total. The molecule has 130 valence electrons. The van der Waals surface area contributed by atoms with Gasteiger partial charge in [0.15, 0.2) is 5.82 Å². The maximum absolute atomic E-state index is 11.3. The lowest BCUT2D eigenvalue weighted by Gasteiger charge is -2.22. The summed E-state index contributed by atoms with van der Waals surface area (Å²) in [5.74, 6) is -0.216. The minimum atomic E-state index is -0.883. The third-order valence-electron chi connectivity index (χ3n) is 4.11. The predicted octanol–water partition coefficient (Wildman–Crippen LogP) is 2.98. The second-order valence-corrected chi connectivity index (χ2v) is 7.46. The molecule has 2 aliphatic heterocycles. The molecular weight excluding hydrogens is 364 g/mol. The van der Waals surface area contributed by atoms with Crippen molar-refractivity contribution in [2.75, 3.05) is 6.61 Å². The molecule has 4 rings (SSSR count). The monoisotopic (exact) mass is 378 g/mol. The first-order chi connectivity index (χ1) is 12.1. The number of hydrogen-bond acceptors (Lipinski definition) is 6. The number of hydrogen-bond donors (Lipinski definition) is 1. The van der Waals surface area contributed by atoms with Gasteiger partial charge in [-0.05, 0) is 30.5 Å². The fourth-order valence-electron chi connectivity index (χ4n) is 2.94. The highest BCUT2D eigenvalue weighted by molar-refractivity contribution is 8.00. The number of halogens is 1. The molecule has 1 aromatic heterocycles. The van der Waals surface area contributed by atoms with Crippen LogP contribution in [0.5, 0.6) is 0 Å². The molecule has 0 radical (unpaired) electrons. The summed E-state index contributed by atoms with van der Waals surface area (Å²) in [5.41, 5.74) is 1.51. The zero-order chi connectivity index (χ0) is 17.4. The summed E-state index contributed by atoms with van der Waals surface area (Å²) < 4.78 is 7.38. The van der Waals surface area contributed by atoms with E-state index < -0.39 is 5.97 Å². The minimum Gasteiger partial charge on any atom is -0.481 e. The maximum atomic E-state index is 11.3. The van der Waals surface area contributed by atoms with Gasteiger partial charge in [-0.2, -0.15) is 9.78 Å². The van der Waals surface area contributed by atoms with Crippen molar-refractivity contribution in [3.8, 4) is 0 Å². The van der Waals surface area contributed by atoms with Crippen LogP contribution in [-0.4, -0.2) is 43.5 Å². The number of ether oxygens (including phenoxy) is 1. The van der Waals surface area contributed by atoms with Crippen LogP contribution in [-0.2, 0) is 9.53 Å². The minimum absolute atomic E-state index is 0.0474. The number of carboxylic acids is 1. The van der Waals surface area contributed by atoms with E-state index in [-0.39, 0.29) is 17.8 Å². The van der Waals surface area contributed by atoms with Gasteiger partial charge in [-0.15, -0.1) is 10.2 Å². The largest absolute Gasteiger partial charge is 0.481 e. The summed E-state index contributed by atoms with van der Waals surface area (Å²) in [7, 11) is 0. The number of carbonyl (C=O) groups is 1. The first-order valence-corrected chi connectivity index (χ1v) is 9.18. The predicted molar refractivity (Wildman–Crippen MR) is 93.2 cm³/mol. The Morgan fingerprint density at radius 3 is 2.84 bits per heavy atom. The van der Waals surface area contributed by atoms with Gasteiger partial charge < -0.3 is 9.84 Å². The first kappa shape index (κ1) is 16.6. The van der Waals surface area contributed by atoms with Gasteiger partial charge in [-0.1, -0.05) is 35.5 Å². The van der Waals surface area contributed by atoms with Gasteiger partial charge in [0.05, 0.1) is 17.4 Å². The molecule has 1 saturated heterocycles. The number of nitrogens with zero attached hydrogens (tertiary/aromatic N) is 4. The summed E-state index contributed by atoms with van der Waals surface area (Å²) >= 11 is 7.33. The van der Waals surface area contributed by atoms with E-state index in [0.29, 0.717) is 28.3 Å². The lowest BCUT2D eigenvalue weighted by atomic mass is 10.1. The second-order valence-electron chi connectivity index (χ2n) is 5.85. The summed E-state index contributed by atoms with van der Waals surface area (Å²) in [4.78, 5) is 11.3. The molecule has 0 aliphatic carbocycles. The van der Waals surface area contributed by atoms with Crippen molar-refractivity contribution >= 4 is 35.0 Å². The van der Waals surface area contributed by atoms with Crippen molar-refractivity contribution in [2.45, 2.75) is 35.8 Å². The third-order valence-corrected chi connectivity index (χ3v) is 5.51. The van der Waals surface area contributed by atoms with Gasteiger partial charge in [0, 0.05) is 11.6 Å². The Hall–Kier alpha value is -1.90. The number of aromatic nitrogens is 3. The number of thioether (sulfide) groups is 1. The van der Waals surface area contributed by atoms with Crippen LogP contribution >= 0.6 is 23.4 Å². The molecule has 0 spiro atoms. The zero-order valence-corrected chi connectivity index (χ0v) is 14.7. The highest BCUT2D eigenvalue weighted by atomic mass is 35.5. The topological polar surface area (TPSA) is 89.6 Å². The standard InChI is InChI=1S/C16H15ClN4O3S/c17-10-5-3-9(4-6-10)14-12(8-13(22)23)25-16-19-18-15(21(16)20-14)11-2-1-7-24-11/h3-6,11-12H,1-2,7-8H2,(H,22,23)/t11-,12+/m0/s1. The van der Waals surface area contributed by atoms with Gasteiger partial charge in [0.25, 0.3) is 0 Å². The number of aliphatic carboxylic acids is 1. The highest BCUT2D eigenvalue weighted by Crippen LogP contribution is 2.36. The van der Waals surface area contributed by atoms with E-state index >= 15 is 0 Å². The van der Waals surface area contributed by atoms with E-state index in [1.165, 1.54) is 11.8 Å². The van der Waals surface area contributed by atoms with Gasteiger partial charge in [0.2, 0.25) is 5.16 Å².